The van der Waals surface area contributed by atoms with Crippen LogP contribution in [-0.2, 0) is 16.4 Å². The largest absolute Gasteiger partial charge is 0.497 e. The van der Waals surface area contributed by atoms with E-state index in [4.69, 9.17) is 4.74 Å². The molecule has 1 amide bonds. The second kappa shape index (κ2) is 11.9. The van der Waals surface area contributed by atoms with Crippen molar-refractivity contribution in [3.8, 4) is 5.75 Å². The molecule has 1 unspecified atom stereocenters. The number of hydrogen-bond donors (Lipinski definition) is 3. The van der Waals surface area contributed by atoms with Crippen LogP contribution in [0.4, 0.5) is 4.79 Å². The summed E-state index contributed by atoms with van der Waals surface area (Å²) >= 11 is 0. The lowest BCUT2D eigenvalue weighted by Crippen LogP contribution is -2.61. The number of nitrogens with one attached hydrogen (secondary N) is 1. The van der Waals surface area contributed by atoms with Crippen molar-refractivity contribution < 1.29 is 28.2 Å². The van der Waals surface area contributed by atoms with Crippen molar-refractivity contribution in [3.05, 3.63) is 60.2 Å². The van der Waals surface area contributed by atoms with Crippen LogP contribution >= 0.6 is 0 Å². The van der Waals surface area contributed by atoms with Crippen LogP contribution in [0.5, 0.6) is 5.75 Å². The maximum Gasteiger partial charge on any atom is 0.404 e. The minimum absolute atomic E-state index is 0.0416. The number of carbonyl (C=O) groups is 1. The van der Waals surface area contributed by atoms with E-state index in [1.165, 1.54) is 23.5 Å². The number of carboxylic acid groups (broad SMARTS) is 1. The Morgan fingerprint density at radius 3 is 2.09 bits per heavy atom. The lowest BCUT2D eigenvalue weighted by atomic mass is 9.79. The number of benzene rings is 2. The molecule has 0 aliphatic rings. The van der Waals surface area contributed by atoms with Gasteiger partial charge in [-0.05, 0) is 47.6 Å². The smallest absolute Gasteiger partial charge is 0.404 e. The van der Waals surface area contributed by atoms with Gasteiger partial charge in [-0.2, -0.15) is 4.31 Å². The highest BCUT2D eigenvalue weighted by Gasteiger charge is 2.45. The molecule has 2 aromatic rings. The zero-order valence-corrected chi connectivity index (χ0v) is 22.1. The van der Waals surface area contributed by atoms with Crippen LogP contribution in [0.3, 0.4) is 0 Å². The average Bonchev–Trinajstić information content (AvgIpc) is 2.77. The highest BCUT2D eigenvalue weighted by atomic mass is 32.2. The number of amides is 1. The zero-order valence-electron chi connectivity index (χ0n) is 21.3. The highest BCUT2D eigenvalue weighted by molar-refractivity contribution is 7.89. The molecule has 0 spiro atoms. The Morgan fingerprint density at radius 1 is 1.06 bits per heavy atom. The molecule has 2 aromatic carbocycles. The number of aliphatic hydroxyl groups is 1. The van der Waals surface area contributed by atoms with Crippen molar-refractivity contribution in [3.63, 3.8) is 0 Å². The normalized spacial score (nSPS) is 15.0. The molecule has 0 aromatic heterocycles. The summed E-state index contributed by atoms with van der Waals surface area (Å²) in [5, 5.41) is 23.6. The van der Waals surface area contributed by atoms with Gasteiger partial charge >= 0.3 is 6.09 Å². The first-order valence-electron chi connectivity index (χ1n) is 11.6. The molecule has 0 aliphatic carbocycles. The molecule has 9 heteroatoms. The molecule has 3 atom stereocenters. The zero-order chi connectivity index (χ0) is 26.4. The molecular weight excluding hydrogens is 468 g/mol. The predicted octanol–water partition coefficient (Wildman–Crippen LogP) is 4.00. The summed E-state index contributed by atoms with van der Waals surface area (Å²) in [7, 11) is -2.54. The number of rotatable bonds is 11. The number of nitrogens with zero attached hydrogens (tertiary/aromatic N) is 1. The minimum Gasteiger partial charge on any atom is -0.497 e. The van der Waals surface area contributed by atoms with Gasteiger partial charge in [-0.1, -0.05) is 65.0 Å². The first kappa shape index (κ1) is 28.6. The lowest BCUT2D eigenvalue weighted by molar-refractivity contribution is 0.00250. The van der Waals surface area contributed by atoms with E-state index in [0.29, 0.717) is 5.75 Å². The van der Waals surface area contributed by atoms with Crippen LogP contribution in [0.2, 0.25) is 0 Å². The molecule has 194 valence electrons. The third-order valence-corrected chi connectivity index (χ3v) is 7.61. The number of methoxy groups -OCH3 is 1. The second-order valence-corrected chi connectivity index (χ2v) is 12.1. The lowest BCUT2D eigenvalue weighted by Gasteiger charge is -2.44. The number of aliphatic hydroxyl groups excluding tert-OH is 1. The Balaban J connectivity index is 2.58. The van der Waals surface area contributed by atoms with Crippen molar-refractivity contribution >= 4 is 16.1 Å². The van der Waals surface area contributed by atoms with Gasteiger partial charge in [0.1, 0.15) is 5.75 Å². The van der Waals surface area contributed by atoms with Gasteiger partial charge in [0.15, 0.2) is 0 Å². The van der Waals surface area contributed by atoms with Crippen molar-refractivity contribution in [2.75, 3.05) is 13.7 Å². The maximum atomic E-state index is 13.9. The number of sulfonamides is 1. The van der Waals surface area contributed by atoms with Crippen LogP contribution in [0.25, 0.3) is 0 Å². The van der Waals surface area contributed by atoms with E-state index in [-0.39, 0.29) is 23.8 Å². The summed E-state index contributed by atoms with van der Waals surface area (Å²) in [6.45, 7) is 9.49. The van der Waals surface area contributed by atoms with E-state index in [9.17, 15) is 23.4 Å². The van der Waals surface area contributed by atoms with Gasteiger partial charge in [0.05, 0.1) is 30.2 Å². The summed E-state index contributed by atoms with van der Waals surface area (Å²) in [6.07, 6.45) is -2.40. The number of ether oxygens (including phenoxy) is 1. The SMILES string of the molecule is COc1ccc(S(=O)(=O)N(CC(C)C)C([C@H](O)[C@H](Cc2ccccc2)NC(=O)O)C(C)(C)C)cc1. The van der Waals surface area contributed by atoms with Gasteiger partial charge in [-0.15, -0.1) is 0 Å². The first-order valence-corrected chi connectivity index (χ1v) is 13.1. The van der Waals surface area contributed by atoms with Crippen molar-refractivity contribution in [1.29, 1.82) is 0 Å². The Hall–Kier alpha value is -2.62. The molecule has 0 saturated carbocycles. The molecule has 0 bridgehead atoms. The fourth-order valence-electron chi connectivity index (χ4n) is 4.22. The molecule has 0 heterocycles. The Labute approximate surface area is 209 Å². The molecule has 3 N–H and O–H groups in total. The van der Waals surface area contributed by atoms with Crippen molar-refractivity contribution in [2.24, 2.45) is 11.3 Å². The van der Waals surface area contributed by atoms with Crippen LogP contribution in [-0.4, -0.2) is 60.9 Å². The van der Waals surface area contributed by atoms with Crippen LogP contribution in [0.1, 0.15) is 40.2 Å². The molecule has 35 heavy (non-hydrogen) atoms. The molecule has 0 aliphatic heterocycles. The van der Waals surface area contributed by atoms with Gasteiger partial charge in [0, 0.05) is 6.54 Å². The van der Waals surface area contributed by atoms with Gasteiger partial charge in [-0.25, -0.2) is 13.2 Å². The third kappa shape index (κ3) is 7.68. The molecule has 8 nitrogen and oxygen atoms in total. The summed E-state index contributed by atoms with van der Waals surface area (Å²) in [4.78, 5) is 11.7. The van der Waals surface area contributed by atoms with Gasteiger partial charge in [-0.3, -0.25) is 0 Å². The van der Waals surface area contributed by atoms with Crippen LogP contribution in [0.15, 0.2) is 59.5 Å². The summed E-state index contributed by atoms with van der Waals surface area (Å²) < 4.78 is 34.3. The standard InChI is InChI=1S/C26H38N2O6S/c1-18(2)17-28(35(32,33)21-14-12-20(34-6)13-15-21)24(26(3,4)5)23(29)22(27-25(30)31)16-19-10-8-7-9-11-19/h7-15,18,22-24,27,29H,16-17H2,1-6H3,(H,30,31)/t22-,23+,24?/m0/s1. The fourth-order valence-corrected chi connectivity index (χ4v) is 6.21. The highest BCUT2D eigenvalue weighted by Crippen LogP contribution is 2.34. The Kier molecular flexibility index (Phi) is 9.71. The van der Waals surface area contributed by atoms with E-state index >= 15 is 0 Å². The molecule has 0 fully saturated rings. The summed E-state index contributed by atoms with van der Waals surface area (Å²) in [5.41, 5.74) is 0.106. The molecule has 2 rings (SSSR count). The quantitative estimate of drug-likeness (QED) is 0.424. The second-order valence-electron chi connectivity index (χ2n) is 10.2. The van der Waals surface area contributed by atoms with Crippen LogP contribution in [0, 0.1) is 11.3 Å². The number of hydrogen-bond acceptors (Lipinski definition) is 5. The van der Waals surface area contributed by atoms with E-state index in [0.717, 1.165) is 5.56 Å². The monoisotopic (exact) mass is 506 g/mol. The van der Waals surface area contributed by atoms with Crippen molar-refractivity contribution in [1.82, 2.24) is 9.62 Å². The van der Waals surface area contributed by atoms with Crippen molar-refractivity contribution in [2.45, 2.75) is 64.1 Å². The Bertz CT molecular complexity index is 1050. The first-order chi connectivity index (χ1) is 16.3. The fraction of sp³-hybridized carbons (Fsp3) is 0.500. The van der Waals surface area contributed by atoms with E-state index in [1.807, 2.05) is 65.0 Å². The Morgan fingerprint density at radius 2 is 1.63 bits per heavy atom. The summed E-state index contributed by atoms with van der Waals surface area (Å²) in [5.74, 6) is 0.487. The third-order valence-electron chi connectivity index (χ3n) is 5.75. The topological polar surface area (TPSA) is 116 Å². The molecular formula is C26H38N2O6S. The van der Waals surface area contributed by atoms with E-state index in [1.54, 1.807) is 12.1 Å². The minimum atomic E-state index is -4.04. The molecule has 0 saturated heterocycles. The predicted molar refractivity (Wildman–Crippen MR) is 136 cm³/mol. The van der Waals surface area contributed by atoms with E-state index in [2.05, 4.69) is 5.32 Å². The van der Waals surface area contributed by atoms with Gasteiger partial charge < -0.3 is 20.3 Å². The van der Waals surface area contributed by atoms with Gasteiger partial charge in [0.25, 0.3) is 0 Å². The molecule has 0 radical (unpaired) electrons. The maximum absolute atomic E-state index is 13.9. The van der Waals surface area contributed by atoms with Crippen LogP contribution < -0.4 is 10.1 Å². The summed E-state index contributed by atoms with van der Waals surface area (Å²) in [6, 6.07) is 13.5. The average molecular weight is 507 g/mol. The van der Waals surface area contributed by atoms with E-state index < -0.39 is 39.7 Å². The van der Waals surface area contributed by atoms with Gasteiger partial charge in [0.2, 0.25) is 10.0 Å².